The lowest BCUT2D eigenvalue weighted by Gasteiger charge is -2.03. The summed E-state index contributed by atoms with van der Waals surface area (Å²) in [7, 11) is 1.58. The van der Waals surface area contributed by atoms with E-state index >= 15 is 0 Å². The van der Waals surface area contributed by atoms with Gasteiger partial charge in [0.25, 0.3) is 0 Å². The summed E-state index contributed by atoms with van der Waals surface area (Å²) in [4.78, 5) is 14.9. The van der Waals surface area contributed by atoms with Crippen molar-refractivity contribution in [1.29, 1.82) is 0 Å². The molecule has 0 unspecified atom stereocenters. The van der Waals surface area contributed by atoms with Gasteiger partial charge in [0.05, 0.1) is 7.11 Å². The molecule has 1 aromatic heterocycles. The highest BCUT2D eigenvalue weighted by Gasteiger charge is 2.17. The Morgan fingerprint density at radius 2 is 2.28 bits per heavy atom. The van der Waals surface area contributed by atoms with E-state index in [1.165, 1.54) is 0 Å². The highest BCUT2D eigenvalue weighted by Crippen LogP contribution is 2.19. The number of nitrogens with zero attached hydrogens (tertiary/aromatic N) is 1. The Balaban J connectivity index is 2.30. The maximum atomic E-state index is 11.0. The highest BCUT2D eigenvalue weighted by molar-refractivity contribution is 5.86. The van der Waals surface area contributed by atoms with Crippen LogP contribution in [0, 0.1) is 6.92 Å². The van der Waals surface area contributed by atoms with Crippen molar-refractivity contribution in [2.45, 2.75) is 13.3 Å². The lowest BCUT2D eigenvalue weighted by atomic mass is 10.1. The molecule has 18 heavy (non-hydrogen) atoms. The minimum absolute atomic E-state index is 0.0321. The van der Waals surface area contributed by atoms with Gasteiger partial charge in [0.1, 0.15) is 11.5 Å². The lowest BCUT2D eigenvalue weighted by molar-refractivity contribution is 0.0689. The van der Waals surface area contributed by atoms with Crippen LogP contribution in [0.15, 0.2) is 28.7 Å². The van der Waals surface area contributed by atoms with Gasteiger partial charge < -0.3 is 14.3 Å². The number of carboxylic acids is 1. The molecule has 0 saturated carbocycles. The fraction of sp³-hybridized carbons (Fsp3) is 0.231. The molecule has 94 valence electrons. The average molecular weight is 247 g/mol. The molecule has 0 spiro atoms. The van der Waals surface area contributed by atoms with E-state index in [9.17, 15) is 4.79 Å². The van der Waals surface area contributed by atoms with Gasteiger partial charge in [-0.25, -0.2) is 9.78 Å². The Kier molecular flexibility index (Phi) is 3.32. The van der Waals surface area contributed by atoms with Crippen molar-refractivity contribution in [3.8, 4) is 5.75 Å². The monoisotopic (exact) mass is 247 g/mol. The number of aromatic nitrogens is 1. The number of carboxylic acid groups (broad SMARTS) is 1. The third-order valence-corrected chi connectivity index (χ3v) is 2.51. The van der Waals surface area contributed by atoms with Crippen molar-refractivity contribution < 1.29 is 19.1 Å². The molecule has 0 radical (unpaired) electrons. The van der Waals surface area contributed by atoms with Crippen LogP contribution in [-0.2, 0) is 6.42 Å². The van der Waals surface area contributed by atoms with Crippen LogP contribution in [0.2, 0.25) is 0 Å². The van der Waals surface area contributed by atoms with E-state index in [0.29, 0.717) is 18.1 Å². The average Bonchev–Trinajstić information content (AvgIpc) is 2.70. The summed E-state index contributed by atoms with van der Waals surface area (Å²) in [5.74, 6) is 0.351. The van der Waals surface area contributed by atoms with Crippen LogP contribution in [0.3, 0.4) is 0 Å². The van der Waals surface area contributed by atoms with Crippen LogP contribution in [0.4, 0.5) is 0 Å². The normalized spacial score (nSPS) is 10.3. The lowest BCUT2D eigenvalue weighted by Crippen LogP contribution is -2.02. The third kappa shape index (κ3) is 2.51. The summed E-state index contributed by atoms with van der Waals surface area (Å²) in [5, 5.41) is 9.01. The number of carbonyl (C=O) groups is 1. The largest absolute Gasteiger partial charge is 0.497 e. The van der Waals surface area contributed by atoms with Gasteiger partial charge >= 0.3 is 5.97 Å². The summed E-state index contributed by atoms with van der Waals surface area (Å²) < 4.78 is 10.4. The molecule has 1 heterocycles. The van der Waals surface area contributed by atoms with Gasteiger partial charge in [0, 0.05) is 13.3 Å². The molecule has 0 aliphatic carbocycles. The van der Waals surface area contributed by atoms with Crippen LogP contribution in [0.5, 0.6) is 5.75 Å². The number of benzene rings is 1. The summed E-state index contributed by atoms with van der Waals surface area (Å²) in [5.41, 5.74) is 0.878. The molecule has 0 aliphatic rings. The number of oxazole rings is 1. The number of hydrogen-bond donors (Lipinski definition) is 1. The summed E-state index contributed by atoms with van der Waals surface area (Å²) >= 11 is 0. The van der Waals surface area contributed by atoms with Gasteiger partial charge in [0.2, 0.25) is 0 Å². The van der Waals surface area contributed by atoms with Gasteiger partial charge in [-0.15, -0.1) is 0 Å². The Morgan fingerprint density at radius 1 is 1.50 bits per heavy atom. The van der Waals surface area contributed by atoms with E-state index in [1.807, 2.05) is 24.3 Å². The van der Waals surface area contributed by atoms with E-state index in [4.69, 9.17) is 14.3 Å². The number of rotatable bonds is 4. The maximum absolute atomic E-state index is 11.0. The van der Waals surface area contributed by atoms with Crippen molar-refractivity contribution in [2.24, 2.45) is 0 Å². The number of ether oxygens (including phenoxy) is 1. The molecule has 0 amide bonds. The second-order valence-corrected chi connectivity index (χ2v) is 3.84. The molecule has 5 heteroatoms. The molecular weight excluding hydrogens is 234 g/mol. The fourth-order valence-corrected chi connectivity index (χ4v) is 1.72. The molecule has 2 aromatic rings. The van der Waals surface area contributed by atoms with E-state index in [-0.39, 0.29) is 5.69 Å². The maximum Gasteiger partial charge on any atom is 0.358 e. The third-order valence-electron chi connectivity index (χ3n) is 2.51. The molecular formula is C13H13NO4. The minimum Gasteiger partial charge on any atom is -0.497 e. The van der Waals surface area contributed by atoms with Gasteiger partial charge in [0.15, 0.2) is 11.6 Å². The predicted molar refractivity (Wildman–Crippen MR) is 64.0 cm³/mol. The zero-order valence-corrected chi connectivity index (χ0v) is 10.1. The van der Waals surface area contributed by atoms with E-state index in [1.54, 1.807) is 14.0 Å². The number of aromatic carboxylic acids is 1. The SMILES string of the molecule is COc1cccc(Cc2oc(C)nc2C(=O)O)c1. The molecule has 5 nitrogen and oxygen atoms in total. The Hall–Kier alpha value is -2.30. The van der Waals surface area contributed by atoms with Crippen LogP contribution in [0.1, 0.15) is 27.7 Å². The fourth-order valence-electron chi connectivity index (χ4n) is 1.72. The first-order valence-corrected chi connectivity index (χ1v) is 5.42. The first kappa shape index (κ1) is 12.2. The van der Waals surface area contributed by atoms with Crippen LogP contribution >= 0.6 is 0 Å². The van der Waals surface area contributed by atoms with E-state index < -0.39 is 5.97 Å². The zero-order chi connectivity index (χ0) is 13.1. The molecule has 0 fully saturated rings. The minimum atomic E-state index is -1.08. The Morgan fingerprint density at radius 3 is 2.94 bits per heavy atom. The second-order valence-electron chi connectivity index (χ2n) is 3.84. The first-order chi connectivity index (χ1) is 8.60. The van der Waals surface area contributed by atoms with Crippen LogP contribution in [0.25, 0.3) is 0 Å². The van der Waals surface area contributed by atoms with Gasteiger partial charge in [-0.3, -0.25) is 0 Å². The van der Waals surface area contributed by atoms with E-state index in [2.05, 4.69) is 4.98 Å². The summed E-state index contributed by atoms with van der Waals surface area (Å²) in [6, 6.07) is 7.39. The molecule has 1 N–H and O–H groups in total. The second kappa shape index (κ2) is 4.91. The topological polar surface area (TPSA) is 72.6 Å². The number of methoxy groups -OCH3 is 1. The molecule has 0 bridgehead atoms. The number of hydrogen-bond acceptors (Lipinski definition) is 4. The van der Waals surface area contributed by atoms with Gasteiger partial charge in [-0.05, 0) is 17.7 Å². The molecule has 0 atom stereocenters. The van der Waals surface area contributed by atoms with E-state index in [0.717, 1.165) is 11.3 Å². The molecule has 0 aliphatic heterocycles. The van der Waals surface area contributed by atoms with Crippen LogP contribution < -0.4 is 4.74 Å². The van der Waals surface area contributed by atoms with Crippen molar-refractivity contribution >= 4 is 5.97 Å². The van der Waals surface area contributed by atoms with Crippen LogP contribution in [-0.4, -0.2) is 23.2 Å². The summed E-state index contributed by atoms with van der Waals surface area (Å²) in [6.45, 7) is 1.63. The standard InChI is InChI=1S/C13H13NO4/c1-8-14-12(13(15)16)11(18-8)7-9-4-3-5-10(6-9)17-2/h3-6H,7H2,1-2H3,(H,15,16). The quantitative estimate of drug-likeness (QED) is 0.897. The summed E-state index contributed by atoms with van der Waals surface area (Å²) in [6.07, 6.45) is 0.375. The molecule has 2 rings (SSSR count). The van der Waals surface area contributed by atoms with Crippen molar-refractivity contribution in [3.05, 3.63) is 47.2 Å². The molecule has 1 aromatic carbocycles. The smallest absolute Gasteiger partial charge is 0.358 e. The predicted octanol–water partition coefficient (Wildman–Crippen LogP) is 2.28. The Bertz CT molecular complexity index is 574. The Labute approximate surface area is 104 Å². The van der Waals surface area contributed by atoms with Crippen molar-refractivity contribution in [2.75, 3.05) is 7.11 Å². The number of aryl methyl sites for hydroxylation is 1. The highest BCUT2D eigenvalue weighted by atomic mass is 16.5. The van der Waals surface area contributed by atoms with Crippen molar-refractivity contribution in [3.63, 3.8) is 0 Å². The van der Waals surface area contributed by atoms with Gasteiger partial charge in [-0.2, -0.15) is 0 Å². The first-order valence-electron chi connectivity index (χ1n) is 5.42. The van der Waals surface area contributed by atoms with Gasteiger partial charge in [-0.1, -0.05) is 12.1 Å². The molecule has 0 saturated heterocycles. The zero-order valence-electron chi connectivity index (χ0n) is 10.1. The van der Waals surface area contributed by atoms with Crippen molar-refractivity contribution in [1.82, 2.24) is 4.98 Å².